The van der Waals surface area contributed by atoms with Gasteiger partial charge in [0.15, 0.2) is 18.3 Å². The highest BCUT2D eigenvalue weighted by Crippen LogP contribution is 2.45. The van der Waals surface area contributed by atoms with Gasteiger partial charge in [-0.1, -0.05) is 24.3 Å². The molecule has 7 unspecified atom stereocenters. The number of hydrogen-bond donors (Lipinski definition) is 0. The summed E-state index contributed by atoms with van der Waals surface area (Å²) in [4.78, 5) is 63.2. The Labute approximate surface area is 298 Å². The molecule has 14 heteroatoms. The molecular weight excluding hydrogens is 684 g/mol. The molecule has 12 nitrogen and oxygen atoms in total. The Hall–Kier alpha value is -5.37. The van der Waals surface area contributed by atoms with Crippen molar-refractivity contribution in [3.8, 4) is 5.75 Å². The predicted octanol–water partition coefficient (Wildman–Crippen LogP) is 4.81. The van der Waals surface area contributed by atoms with E-state index in [1.807, 2.05) is 12.1 Å². The van der Waals surface area contributed by atoms with Crippen LogP contribution in [-0.2, 0) is 54.1 Å². The Balaban J connectivity index is 1.39. The number of benzene rings is 3. The number of carbonyl (C=O) groups excluding carboxylic acids is 5. The van der Waals surface area contributed by atoms with Crippen molar-refractivity contribution >= 4 is 35.5 Å². The van der Waals surface area contributed by atoms with Crippen LogP contribution < -0.4 is 9.64 Å². The molecule has 3 aromatic rings. The minimum Gasteiger partial charge on any atom is -0.494 e. The van der Waals surface area contributed by atoms with Crippen LogP contribution in [0.25, 0.3) is 0 Å². The molecule has 52 heavy (non-hydrogen) atoms. The number of hydrogen-bond acceptors (Lipinski definition) is 11. The molecule has 2 aliphatic heterocycles. The normalized spacial score (nSPS) is 23.9. The van der Waals surface area contributed by atoms with E-state index in [1.165, 1.54) is 62.4 Å². The lowest BCUT2D eigenvalue weighted by atomic mass is 9.79. The zero-order valence-electron chi connectivity index (χ0n) is 29.0. The highest BCUT2D eigenvalue weighted by Gasteiger charge is 2.52. The van der Waals surface area contributed by atoms with Gasteiger partial charge in [-0.15, -0.1) is 0 Å². The van der Waals surface area contributed by atoms with E-state index in [4.69, 9.17) is 28.4 Å². The zero-order chi connectivity index (χ0) is 37.5. The maximum absolute atomic E-state index is 13.8. The number of β-lactam (4-membered cyclic amide) rings is 1. The Morgan fingerprint density at radius 3 is 1.79 bits per heavy atom. The second kappa shape index (κ2) is 16.8. The van der Waals surface area contributed by atoms with Gasteiger partial charge < -0.3 is 33.3 Å². The highest BCUT2D eigenvalue weighted by molar-refractivity contribution is 6.03. The third kappa shape index (κ3) is 9.29. The Kier molecular flexibility index (Phi) is 12.2. The first-order valence-corrected chi connectivity index (χ1v) is 16.7. The lowest BCUT2D eigenvalue weighted by molar-refractivity contribution is -0.252. The maximum atomic E-state index is 13.8. The van der Waals surface area contributed by atoms with Gasteiger partial charge in [0.2, 0.25) is 5.91 Å². The number of rotatable bonds is 13. The number of esters is 4. The largest absolute Gasteiger partial charge is 0.494 e. The summed E-state index contributed by atoms with van der Waals surface area (Å²) >= 11 is 0. The molecule has 0 saturated carbocycles. The molecule has 1 amide bonds. The van der Waals surface area contributed by atoms with Gasteiger partial charge in [0, 0.05) is 39.8 Å². The minimum absolute atomic E-state index is 0.125. The average molecular weight is 724 g/mol. The lowest BCUT2D eigenvalue weighted by Crippen LogP contribution is -2.62. The lowest BCUT2D eigenvalue weighted by Gasteiger charge is -2.47. The molecule has 0 aromatic heterocycles. The molecule has 0 spiro atoms. The average Bonchev–Trinajstić information content (AvgIpc) is 3.08. The molecule has 5 rings (SSSR count). The van der Waals surface area contributed by atoms with Gasteiger partial charge in [-0.05, 0) is 66.1 Å². The SMILES string of the molecule is CC(=O)OCC1OC(Cc2ccc(C3C(CCOc4ccc(F)cc4)C(=O)N3c3ccc(F)cc3)cc2)C(OC(C)=O)C(OC(C)=O)C1OC(C)=O. The first-order valence-electron chi connectivity index (χ1n) is 16.7. The van der Waals surface area contributed by atoms with Crippen LogP contribution in [0.15, 0.2) is 72.8 Å². The van der Waals surface area contributed by atoms with Crippen LogP contribution in [-0.4, -0.2) is 73.5 Å². The summed E-state index contributed by atoms with van der Waals surface area (Å²) in [6.07, 6.45) is -5.29. The van der Waals surface area contributed by atoms with E-state index >= 15 is 0 Å². The van der Waals surface area contributed by atoms with Crippen LogP contribution in [0.4, 0.5) is 14.5 Å². The quantitative estimate of drug-likeness (QED) is 0.136. The van der Waals surface area contributed by atoms with Gasteiger partial charge in [0.05, 0.1) is 18.6 Å². The summed E-state index contributed by atoms with van der Waals surface area (Å²) in [6.45, 7) is 4.53. The number of ether oxygens (including phenoxy) is 6. The van der Waals surface area contributed by atoms with Crippen molar-refractivity contribution in [3.05, 3.63) is 95.6 Å². The summed E-state index contributed by atoms with van der Waals surface area (Å²) < 4.78 is 60.9. The third-order valence-electron chi connectivity index (χ3n) is 8.68. The monoisotopic (exact) mass is 723 g/mol. The van der Waals surface area contributed by atoms with Crippen molar-refractivity contribution < 1.29 is 61.2 Å². The predicted molar refractivity (Wildman–Crippen MR) is 179 cm³/mol. The first kappa shape index (κ1) is 37.9. The molecule has 2 aliphatic rings. The fourth-order valence-electron chi connectivity index (χ4n) is 6.50. The summed E-state index contributed by atoms with van der Waals surface area (Å²) in [5, 5.41) is 0. The van der Waals surface area contributed by atoms with E-state index in [2.05, 4.69) is 0 Å². The molecular formula is C38H39F2NO11. The van der Waals surface area contributed by atoms with Crippen molar-refractivity contribution in [2.24, 2.45) is 5.92 Å². The van der Waals surface area contributed by atoms with Gasteiger partial charge in [-0.3, -0.25) is 24.0 Å². The molecule has 3 aromatic carbocycles. The number of anilines is 1. The van der Waals surface area contributed by atoms with Gasteiger partial charge >= 0.3 is 23.9 Å². The molecule has 2 heterocycles. The van der Waals surface area contributed by atoms with E-state index in [1.54, 1.807) is 17.0 Å². The Bertz CT molecular complexity index is 1750. The van der Waals surface area contributed by atoms with E-state index < -0.39 is 78.0 Å². The van der Waals surface area contributed by atoms with Crippen LogP contribution in [0, 0.1) is 17.6 Å². The van der Waals surface area contributed by atoms with Crippen LogP contribution in [0.3, 0.4) is 0 Å². The standard InChI is InChI=1S/C38H39F2NO11/c1-21(42)48-20-33-36(50-23(3)44)37(51-24(4)45)35(49-22(2)43)32(52-33)19-25-5-7-26(8-6-25)34-31(17-18-47-30-15-11-28(40)12-16-30)38(46)41(34)29-13-9-27(39)10-14-29/h5-16,31-37H,17-20H2,1-4H3. The van der Waals surface area contributed by atoms with Crippen molar-refractivity contribution in [2.75, 3.05) is 18.1 Å². The van der Waals surface area contributed by atoms with Crippen LogP contribution in [0.1, 0.15) is 51.3 Å². The Morgan fingerprint density at radius 2 is 1.23 bits per heavy atom. The Morgan fingerprint density at radius 1 is 0.692 bits per heavy atom. The van der Waals surface area contributed by atoms with Crippen LogP contribution >= 0.6 is 0 Å². The van der Waals surface area contributed by atoms with Crippen molar-refractivity contribution in [1.29, 1.82) is 0 Å². The van der Waals surface area contributed by atoms with Gasteiger partial charge in [-0.2, -0.15) is 0 Å². The van der Waals surface area contributed by atoms with E-state index in [0.29, 0.717) is 23.4 Å². The second-order valence-electron chi connectivity index (χ2n) is 12.5. The zero-order valence-corrected chi connectivity index (χ0v) is 29.0. The fraction of sp³-hybridized carbons (Fsp3) is 0.395. The van der Waals surface area contributed by atoms with Crippen LogP contribution in [0.5, 0.6) is 5.75 Å². The number of carbonyl (C=O) groups is 5. The highest BCUT2D eigenvalue weighted by atomic mass is 19.1. The summed E-state index contributed by atoms with van der Waals surface area (Å²) in [5.41, 5.74) is 2.01. The first-order chi connectivity index (χ1) is 24.8. The van der Waals surface area contributed by atoms with E-state index in [0.717, 1.165) is 19.4 Å². The van der Waals surface area contributed by atoms with Crippen molar-refractivity contribution in [1.82, 2.24) is 0 Å². The van der Waals surface area contributed by atoms with E-state index in [9.17, 15) is 32.8 Å². The summed E-state index contributed by atoms with van der Waals surface area (Å²) in [7, 11) is 0. The van der Waals surface area contributed by atoms with Gasteiger partial charge in [0.1, 0.15) is 36.2 Å². The van der Waals surface area contributed by atoms with Gasteiger partial charge in [0.25, 0.3) is 0 Å². The molecule has 2 saturated heterocycles. The number of halogens is 2. The summed E-state index contributed by atoms with van der Waals surface area (Å²) in [5.74, 6) is -3.78. The fourth-order valence-corrected chi connectivity index (χ4v) is 6.50. The van der Waals surface area contributed by atoms with Crippen LogP contribution in [0.2, 0.25) is 0 Å². The van der Waals surface area contributed by atoms with Crippen molar-refractivity contribution in [2.45, 2.75) is 77.1 Å². The summed E-state index contributed by atoms with van der Waals surface area (Å²) in [6, 6.07) is 18.1. The molecule has 7 atom stereocenters. The topological polar surface area (TPSA) is 144 Å². The molecule has 0 bridgehead atoms. The number of nitrogens with zero attached hydrogens (tertiary/aromatic N) is 1. The van der Waals surface area contributed by atoms with E-state index in [-0.39, 0.29) is 25.5 Å². The second-order valence-corrected chi connectivity index (χ2v) is 12.5. The van der Waals surface area contributed by atoms with Gasteiger partial charge in [-0.25, -0.2) is 8.78 Å². The molecule has 2 fully saturated rings. The van der Waals surface area contributed by atoms with Crippen molar-refractivity contribution in [3.63, 3.8) is 0 Å². The maximum Gasteiger partial charge on any atom is 0.303 e. The molecule has 0 aliphatic carbocycles. The minimum atomic E-state index is -1.29. The number of amides is 1. The smallest absolute Gasteiger partial charge is 0.303 e. The molecule has 276 valence electrons. The molecule has 0 N–H and O–H groups in total. The molecule has 0 radical (unpaired) electrons. The third-order valence-corrected chi connectivity index (χ3v) is 8.68.